The lowest BCUT2D eigenvalue weighted by atomic mass is 10.3. The smallest absolute Gasteiger partial charge is 0.256 e. The third-order valence-electron chi connectivity index (χ3n) is 3.47. The van der Waals surface area contributed by atoms with Gasteiger partial charge < -0.3 is 10.2 Å². The molecule has 0 saturated carbocycles. The van der Waals surface area contributed by atoms with Gasteiger partial charge >= 0.3 is 0 Å². The number of anilines is 2. The molecule has 5 nitrogen and oxygen atoms in total. The van der Waals surface area contributed by atoms with E-state index in [1.165, 1.54) is 18.5 Å². The van der Waals surface area contributed by atoms with Crippen LogP contribution >= 0.6 is 0 Å². The lowest BCUT2D eigenvalue weighted by molar-refractivity contribution is 0.0792. The normalized spacial score (nSPS) is 14.2. The Morgan fingerprint density at radius 1 is 1.14 bits per heavy atom. The van der Waals surface area contributed by atoms with Crippen molar-refractivity contribution >= 4 is 17.5 Å². The van der Waals surface area contributed by atoms with E-state index in [0.29, 0.717) is 5.56 Å². The van der Waals surface area contributed by atoms with Crippen molar-refractivity contribution in [2.45, 2.75) is 12.8 Å². The largest absolute Gasteiger partial charge is 0.339 e. The number of aromatic nitrogens is 2. The van der Waals surface area contributed by atoms with Gasteiger partial charge in [0.05, 0.1) is 11.3 Å². The molecule has 2 aromatic rings. The second-order valence-electron chi connectivity index (χ2n) is 5.04. The van der Waals surface area contributed by atoms with Crippen molar-refractivity contribution in [3.63, 3.8) is 0 Å². The molecule has 1 aromatic carbocycles. The van der Waals surface area contributed by atoms with Crippen LogP contribution in [0.5, 0.6) is 0 Å². The van der Waals surface area contributed by atoms with Crippen LogP contribution in [0.4, 0.5) is 20.4 Å². The molecule has 0 unspecified atom stereocenters. The number of nitrogens with one attached hydrogen (secondary N) is 1. The molecule has 0 radical (unpaired) electrons. The molecular weight excluding hydrogens is 290 g/mol. The molecule has 0 aliphatic carbocycles. The molecule has 0 spiro atoms. The number of nitrogens with zero attached hydrogens (tertiary/aromatic N) is 3. The van der Waals surface area contributed by atoms with Gasteiger partial charge in [-0.15, -0.1) is 0 Å². The van der Waals surface area contributed by atoms with E-state index in [-0.39, 0.29) is 17.5 Å². The summed E-state index contributed by atoms with van der Waals surface area (Å²) in [6, 6.07) is 3.17. The Morgan fingerprint density at radius 2 is 1.82 bits per heavy atom. The van der Waals surface area contributed by atoms with E-state index < -0.39 is 11.6 Å². The van der Waals surface area contributed by atoms with E-state index in [1.54, 1.807) is 4.90 Å². The molecule has 0 atom stereocenters. The molecule has 3 rings (SSSR count). The molecule has 2 heterocycles. The zero-order chi connectivity index (χ0) is 15.5. The molecule has 0 bridgehead atoms. The molecule has 1 N–H and O–H groups in total. The lowest BCUT2D eigenvalue weighted by Gasteiger charge is -2.14. The van der Waals surface area contributed by atoms with Crippen molar-refractivity contribution < 1.29 is 13.6 Å². The van der Waals surface area contributed by atoms with Crippen molar-refractivity contribution in [1.82, 2.24) is 14.9 Å². The predicted octanol–water partition coefficient (Wildman–Crippen LogP) is 2.73. The van der Waals surface area contributed by atoms with Gasteiger partial charge in [-0.2, -0.15) is 0 Å². The fourth-order valence-electron chi connectivity index (χ4n) is 2.32. The fraction of sp³-hybridized carbons (Fsp3) is 0.267. The van der Waals surface area contributed by atoms with Crippen molar-refractivity contribution in [1.29, 1.82) is 0 Å². The third-order valence-corrected chi connectivity index (χ3v) is 3.47. The quantitative estimate of drug-likeness (QED) is 0.947. The van der Waals surface area contributed by atoms with Crippen molar-refractivity contribution in [3.05, 3.63) is 47.8 Å². The Bertz CT molecular complexity index is 684. The van der Waals surface area contributed by atoms with Gasteiger partial charge in [0, 0.05) is 31.5 Å². The van der Waals surface area contributed by atoms with E-state index in [4.69, 9.17) is 0 Å². The highest BCUT2D eigenvalue weighted by Gasteiger charge is 2.20. The van der Waals surface area contributed by atoms with E-state index in [9.17, 15) is 13.6 Å². The molecule has 1 fully saturated rings. The number of hydrogen-bond donors (Lipinski definition) is 1. The minimum absolute atomic E-state index is 0.0695. The maximum atomic E-state index is 13.5. The number of rotatable bonds is 3. The Hall–Kier alpha value is -2.57. The van der Waals surface area contributed by atoms with Crippen LogP contribution < -0.4 is 5.32 Å². The van der Waals surface area contributed by atoms with Crippen molar-refractivity contribution in [3.8, 4) is 0 Å². The van der Waals surface area contributed by atoms with Gasteiger partial charge in [0.1, 0.15) is 11.6 Å². The van der Waals surface area contributed by atoms with Gasteiger partial charge in [0.15, 0.2) is 0 Å². The minimum Gasteiger partial charge on any atom is -0.339 e. The second-order valence-corrected chi connectivity index (χ2v) is 5.04. The van der Waals surface area contributed by atoms with Crippen LogP contribution in [0.1, 0.15) is 23.2 Å². The highest BCUT2D eigenvalue weighted by molar-refractivity contribution is 5.93. The minimum atomic E-state index is -0.735. The van der Waals surface area contributed by atoms with Gasteiger partial charge in [-0.05, 0) is 25.0 Å². The summed E-state index contributed by atoms with van der Waals surface area (Å²) in [4.78, 5) is 21.9. The summed E-state index contributed by atoms with van der Waals surface area (Å²) in [5.41, 5.74) is 0.465. The first kappa shape index (κ1) is 14.4. The summed E-state index contributed by atoms with van der Waals surface area (Å²) >= 11 is 0. The highest BCUT2D eigenvalue weighted by atomic mass is 19.1. The number of hydrogen-bond acceptors (Lipinski definition) is 4. The number of benzene rings is 1. The standard InChI is InChI=1S/C15H14F2N4O/c16-11-3-4-13(12(17)7-11)20-15-18-8-10(9-19-15)14(22)21-5-1-2-6-21/h3-4,7-9H,1-2,5-6H2,(H,18,19,20). The van der Waals surface area contributed by atoms with Crippen LogP contribution in [0.25, 0.3) is 0 Å². The van der Waals surface area contributed by atoms with Gasteiger partial charge in [-0.3, -0.25) is 4.79 Å². The maximum Gasteiger partial charge on any atom is 0.256 e. The number of carbonyl (C=O) groups excluding carboxylic acids is 1. The Kier molecular flexibility index (Phi) is 3.95. The van der Waals surface area contributed by atoms with Gasteiger partial charge in [0.2, 0.25) is 5.95 Å². The molecule has 7 heteroatoms. The zero-order valence-electron chi connectivity index (χ0n) is 11.7. The van der Waals surface area contributed by atoms with Gasteiger partial charge in [0.25, 0.3) is 5.91 Å². The van der Waals surface area contributed by atoms with Crippen molar-refractivity contribution in [2.24, 2.45) is 0 Å². The first-order valence-corrected chi connectivity index (χ1v) is 6.97. The zero-order valence-corrected chi connectivity index (χ0v) is 11.7. The number of amides is 1. The summed E-state index contributed by atoms with van der Waals surface area (Å²) in [5, 5.41) is 2.65. The van der Waals surface area contributed by atoms with Gasteiger partial charge in [-0.25, -0.2) is 18.7 Å². The fourth-order valence-corrected chi connectivity index (χ4v) is 2.32. The molecule has 1 aliphatic rings. The first-order chi connectivity index (χ1) is 10.6. The second kappa shape index (κ2) is 6.05. The highest BCUT2D eigenvalue weighted by Crippen LogP contribution is 2.18. The Balaban J connectivity index is 1.72. The molecule has 1 aliphatic heterocycles. The van der Waals surface area contributed by atoms with E-state index in [1.807, 2.05) is 0 Å². The molecule has 1 amide bonds. The summed E-state index contributed by atoms with van der Waals surface area (Å²) in [6.45, 7) is 1.50. The van der Waals surface area contributed by atoms with Crippen LogP contribution in [-0.2, 0) is 0 Å². The van der Waals surface area contributed by atoms with Gasteiger partial charge in [-0.1, -0.05) is 0 Å². The monoisotopic (exact) mass is 304 g/mol. The van der Waals surface area contributed by atoms with Crippen LogP contribution in [0.3, 0.4) is 0 Å². The van der Waals surface area contributed by atoms with Crippen LogP contribution in [0.2, 0.25) is 0 Å². The summed E-state index contributed by atoms with van der Waals surface area (Å²) < 4.78 is 26.4. The first-order valence-electron chi connectivity index (χ1n) is 6.97. The third kappa shape index (κ3) is 3.03. The van der Waals surface area contributed by atoms with E-state index in [0.717, 1.165) is 38.1 Å². The summed E-state index contributed by atoms with van der Waals surface area (Å²) in [5.74, 6) is -1.35. The SMILES string of the molecule is O=C(c1cnc(Nc2ccc(F)cc2F)nc1)N1CCCC1. The molecule has 22 heavy (non-hydrogen) atoms. The Morgan fingerprint density at radius 3 is 2.45 bits per heavy atom. The average Bonchev–Trinajstić information content (AvgIpc) is 3.04. The number of likely N-dealkylation sites (tertiary alicyclic amines) is 1. The van der Waals surface area contributed by atoms with Crippen LogP contribution in [0, 0.1) is 11.6 Å². The molecule has 1 saturated heterocycles. The van der Waals surface area contributed by atoms with E-state index in [2.05, 4.69) is 15.3 Å². The maximum absolute atomic E-state index is 13.5. The van der Waals surface area contributed by atoms with Crippen LogP contribution in [0.15, 0.2) is 30.6 Å². The molecule has 1 aromatic heterocycles. The topological polar surface area (TPSA) is 58.1 Å². The average molecular weight is 304 g/mol. The lowest BCUT2D eigenvalue weighted by Crippen LogP contribution is -2.27. The molecular formula is C15H14F2N4O. The molecule has 114 valence electrons. The summed E-state index contributed by atoms with van der Waals surface area (Å²) in [6.07, 6.45) is 4.82. The predicted molar refractivity (Wildman–Crippen MR) is 76.8 cm³/mol. The number of carbonyl (C=O) groups is 1. The van der Waals surface area contributed by atoms with E-state index >= 15 is 0 Å². The summed E-state index contributed by atoms with van der Waals surface area (Å²) in [7, 11) is 0. The van der Waals surface area contributed by atoms with Crippen molar-refractivity contribution in [2.75, 3.05) is 18.4 Å². The van der Waals surface area contributed by atoms with Crippen LogP contribution in [-0.4, -0.2) is 33.9 Å². The number of halogens is 2. The Labute approximate surface area is 126 Å².